The minimum Gasteiger partial charge on any atom is -0.311 e. The largest absolute Gasteiger partial charge is 0.311 e. The van der Waals surface area contributed by atoms with Gasteiger partial charge in [-0.15, -0.1) is 0 Å². The topological polar surface area (TPSA) is 37.8 Å². The highest BCUT2D eigenvalue weighted by Crippen LogP contribution is 2.15. The van der Waals surface area contributed by atoms with Crippen molar-refractivity contribution in [3.05, 3.63) is 48.0 Å². The van der Waals surface area contributed by atoms with Crippen molar-refractivity contribution in [1.82, 2.24) is 15.3 Å². The van der Waals surface area contributed by atoms with E-state index in [0.29, 0.717) is 11.7 Å². The van der Waals surface area contributed by atoms with E-state index in [9.17, 15) is 4.39 Å². The lowest BCUT2D eigenvalue weighted by Gasteiger charge is -2.07. The summed E-state index contributed by atoms with van der Waals surface area (Å²) in [5.74, 6) is 0.987. The number of aromatic nitrogens is 2. The van der Waals surface area contributed by atoms with Crippen molar-refractivity contribution in [1.29, 1.82) is 0 Å². The molecule has 0 spiro atoms. The van der Waals surface area contributed by atoms with Crippen molar-refractivity contribution >= 4 is 0 Å². The third kappa shape index (κ3) is 4.10. The van der Waals surface area contributed by atoms with Crippen LogP contribution >= 0.6 is 0 Å². The molecule has 0 radical (unpaired) electrons. The van der Waals surface area contributed by atoms with E-state index in [-0.39, 0.29) is 5.82 Å². The predicted molar refractivity (Wildman–Crippen MR) is 74.0 cm³/mol. The lowest BCUT2D eigenvalue weighted by atomic mass is 10.2. The first-order valence-electron chi connectivity index (χ1n) is 6.43. The Kier molecular flexibility index (Phi) is 4.58. The van der Waals surface area contributed by atoms with Gasteiger partial charge in [0, 0.05) is 18.3 Å². The average molecular weight is 259 g/mol. The minimum atomic E-state index is -0.251. The van der Waals surface area contributed by atoms with E-state index in [2.05, 4.69) is 29.1 Å². The van der Waals surface area contributed by atoms with Crippen LogP contribution in [0.4, 0.5) is 4.39 Å². The molecule has 1 aromatic heterocycles. The number of rotatable bonds is 5. The Labute approximate surface area is 112 Å². The lowest BCUT2D eigenvalue weighted by molar-refractivity contribution is 0.548. The van der Waals surface area contributed by atoms with Crippen molar-refractivity contribution in [2.45, 2.75) is 20.4 Å². The normalized spacial score (nSPS) is 10.9. The summed E-state index contributed by atoms with van der Waals surface area (Å²) in [5, 5.41) is 3.34. The lowest BCUT2D eigenvalue weighted by Crippen LogP contribution is -2.19. The van der Waals surface area contributed by atoms with E-state index in [1.165, 1.54) is 12.1 Å². The smallest absolute Gasteiger partial charge is 0.159 e. The highest BCUT2D eigenvalue weighted by molar-refractivity contribution is 5.54. The monoisotopic (exact) mass is 259 g/mol. The zero-order valence-electron chi connectivity index (χ0n) is 11.2. The van der Waals surface area contributed by atoms with Gasteiger partial charge in [-0.05, 0) is 42.8 Å². The molecule has 0 aliphatic carbocycles. The summed E-state index contributed by atoms with van der Waals surface area (Å²) >= 11 is 0. The fourth-order valence-corrected chi connectivity index (χ4v) is 1.72. The quantitative estimate of drug-likeness (QED) is 0.897. The van der Waals surface area contributed by atoms with Gasteiger partial charge in [0.2, 0.25) is 0 Å². The molecule has 2 aromatic rings. The van der Waals surface area contributed by atoms with Crippen LogP contribution in [0.1, 0.15) is 19.5 Å². The molecule has 0 aliphatic rings. The summed E-state index contributed by atoms with van der Waals surface area (Å²) in [6.07, 6.45) is 1.73. The first-order valence-corrected chi connectivity index (χ1v) is 6.43. The summed E-state index contributed by atoms with van der Waals surface area (Å²) in [5.41, 5.74) is 1.77. The molecule has 1 heterocycles. The molecular weight excluding hydrogens is 241 g/mol. The summed E-state index contributed by atoms with van der Waals surface area (Å²) < 4.78 is 12.9. The highest BCUT2D eigenvalue weighted by atomic mass is 19.1. The second kappa shape index (κ2) is 6.38. The van der Waals surface area contributed by atoms with Crippen LogP contribution in [0, 0.1) is 11.7 Å². The van der Waals surface area contributed by atoms with Crippen LogP contribution in [-0.2, 0) is 6.54 Å². The van der Waals surface area contributed by atoms with Crippen LogP contribution in [0.15, 0.2) is 36.5 Å². The number of hydrogen-bond donors (Lipinski definition) is 1. The van der Waals surface area contributed by atoms with E-state index >= 15 is 0 Å². The van der Waals surface area contributed by atoms with Gasteiger partial charge < -0.3 is 5.32 Å². The molecule has 3 nitrogen and oxygen atoms in total. The third-order valence-corrected chi connectivity index (χ3v) is 2.67. The Morgan fingerprint density at radius 2 is 1.89 bits per heavy atom. The first-order chi connectivity index (χ1) is 9.15. The Balaban J connectivity index is 2.08. The Bertz CT molecular complexity index is 523. The molecule has 0 amide bonds. The van der Waals surface area contributed by atoms with Gasteiger partial charge in [0.1, 0.15) is 5.82 Å². The molecular formula is C15H18FN3. The molecule has 4 heteroatoms. The zero-order chi connectivity index (χ0) is 13.7. The van der Waals surface area contributed by atoms with Gasteiger partial charge in [-0.1, -0.05) is 13.8 Å². The highest BCUT2D eigenvalue weighted by Gasteiger charge is 2.03. The van der Waals surface area contributed by atoms with Crippen LogP contribution in [-0.4, -0.2) is 16.5 Å². The van der Waals surface area contributed by atoms with Crippen molar-refractivity contribution in [3.63, 3.8) is 0 Å². The maximum absolute atomic E-state index is 12.9. The van der Waals surface area contributed by atoms with E-state index in [1.807, 2.05) is 6.07 Å². The van der Waals surface area contributed by atoms with Gasteiger partial charge in [-0.2, -0.15) is 0 Å². The van der Waals surface area contributed by atoms with Gasteiger partial charge in [0.05, 0.1) is 5.69 Å². The summed E-state index contributed by atoms with van der Waals surface area (Å²) in [7, 11) is 0. The molecule has 100 valence electrons. The standard InChI is InChI=1S/C15H18FN3/c1-11(2)9-17-10-14-7-8-18-15(19-14)12-3-5-13(16)6-4-12/h3-8,11,17H,9-10H2,1-2H3. The number of nitrogens with one attached hydrogen (secondary N) is 1. The molecule has 19 heavy (non-hydrogen) atoms. The van der Waals surface area contributed by atoms with Crippen LogP contribution in [0.5, 0.6) is 0 Å². The van der Waals surface area contributed by atoms with E-state index in [4.69, 9.17) is 0 Å². The molecule has 1 aromatic carbocycles. The van der Waals surface area contributed by atoms with Gasteiger partial charge >= 0.3 is 0 Å². The fourth-order valence-electron chi connectivity index (χ4n) is 1.72. The van der Waals surface area contributed by atoms with Crippen LogP contribution in [0.2, 0.25) is 0 Å². The fraction of sp³-hybridized carbons (Fsp3) is 0.333. The zero-order valence-corrected chi connectivity index (χ0v) is 11.2. The minimum absolute atomic E-state index is 0.251. The molecule has 0 fully saturated rings. The first kappa shape index (κ1) is 13.6. The molecule has 0 bridgehead atoms. The second-order valence-electron chi connectivity index (χ2n) is 4.90. The molecule has 1 N–H and O–H groups in total. The Morgan fingerprint density at radius 3 is 2.58 bits per heavy atom. The SMILES string of the molecule is CC(C)CNCc1ccnc(-c2ccc(F)cc2)n1. The van der Waals surface area contributed by atoms with E-state index in [0.717, 1.165) is 24.3 Å². The maximum atomic E-state index is 12.9. The Hall–Kier alpha value is -1.81. The molecule has 0 saturated heterocycles. The van der Waals surface area contributed by atoms with Crippen molar-refractivity contribution in [3.8, 4) is 11.4 Å². The summed E-state index contributed by atoms with van der Waals surface area (Å²) in [6.45, 7) is 6.00. The maximum Gasteiger partial charge on any atom is 0.159 e. The number of benzene rings is 1. The van der Waals surface area contributed by atoms with Crippen molar-refractivity contribution in [2.75, 3.05) is 6.54 Å². The van der Waals surface area contributed by atoms with Crippen LogP contribution in [0.3, 0.4) is 0 Å². The predicted octanol–water partition coefficient (Wildman–Crippen LogP) is 3.03. The molecule has 2 rings (SSSR count). The van der Waals surface area contributed by atoms with Gasteiger partial charge in [-0.25, -0.2) is 14.4 Å². The molecule has 0 saturated carbocycles. The summed E-state index contributed by atoms with van der Waals surface area (Å²) in [6, 6.07) is 8.11. The van der Waals surface area contributed by atoms with Crippen molar-refractivity contribution in [2.24, 2.45) is 5.92 Å². The molecule has 0 aliphatic heterocycles. The molecule has 0 unspecified atom stereocenters. The van der Waals surface area contributed by atoms with E-state index < -0.39 is 0 Å². The van der Waals surface area contributed by atoms with Crippen LogP contribution < -0.4 is 5.32 Å². The molecule has 0 atom stereocenters. The van der Waals surface area contributed by atoms with Gasteiger partial charge in [0.15, 0.2) is 5.82 Å². The van der Waals surface area contributed by atoms with Crippen LogP contribution in [0.25, 0.3) is 11.4 Å². The van der Waals surface area contributed by atoms with Gasteiger partial charge in [-0.3, -0.25) is 0 Å². The average Bonchev–Trinajstić information content (AvgIpc) is 2.39. The second-order valence-corrected chi connectivity index (χ2v) is 4.90. The van der Waals surface area contributed by atoms with E-state index in [1.54, 1.807) is 18.3 Å². The number of nitrogens with zero attached hydrogens (tertiary/aromatic N) is 2. The Morgan fingerprint density at radius 1 is 1.16 bits per heavy atom. The van der Waals surface area contributed by atoms with Crippen molar-refractivity contribution < 1.29 is 4.39 Å². The number of hydrogen-bond acceptors (Lipinski definition) is 3. The van der Waals surface area contributed by atoms with Gasteiger partial charge in [0.25, 0.3) is 0 Å². The summed E-state index contributed by atoms with van der Waals surface area (Å²) in [4.78, 5) is 8.69. The third-order valence-electron chi connectivity index (χ3n) is 2.67. The number of halogens is 1.